The predicted molar refractivity (Wildman–Crippen MR) is 94.1 cm³/mol. The molecule has 1 saturated heterocycles. The zero-order valence-electron chi connectivity index (χ0n) is 14.6. The third kappa shape index (κ3) is 5.02. The number of halogens is 1. The van der Waals surface area contributed by atoms with E-state index in [9.17, 15) is 14.3 Å². The van der Waals surface area contributed by atoms with E-state index in [0.29, 0.717) is 31.7 Å². The van der Waals surface area contributed by atoms with Crippen LogP contribution in [0.25, 0.3) is 0 Å². The molecule has 1 heterocycles. The summed E-state index contributed by atoms with van der Waals surface area (Å²) in [7, 11) is 0. The molecular weight excluding hydrogens is 321 g/mol. The molecule has 0 aromatic heterocycles. The van der Waals surface area contributed by atoms with Crippen LogP contribution in [0.15, 0.2) is 24.3 Å². The number of carboxylic acid groups (broad SMARTS) is 1. The molecule has 1 saturated carbocycles. The maximum atomic E-state index is 13.0. The number of ether oxygens (including phenoxy) is 1. The topological polar surface area (TPSA) is 58.6 Å². The first-order chi connectivity index (χ1) is 12.1. The highest BCUT2D eigenvalue weighted by Crippen LogP contribution is 2.33. The lowest BCUT2D eigenvalue weighted by Crippen LogP contribution is -2.41. The van der Waals surface area contributed by atoms with E-state index in [-0.39, 0.29) is 17.7 Å². The summed E-state index contributed by atoms with van der Waals surface area (Å²) in [6.07, 6.45) is 5.91. The van der Waals surface area contributed by atoms with Crippen molar-refractivity contribution in [2.45, 2.75) is 50.5 Å². The fourth-order valence-electron chi connectivity index (χ4n) is 4.23. The van der Waals surface area contributed by atoms with Gasteiger partial charge in [-0.05, 0) is 68.1 Å². The predicted octanol–water partition coefficient (Wildman–Crippen LogP) is 3.57. The second kappa shape index (κ2) is 8.77. The van der Waals surface area contributed by atoms with Gasteiger partial charge >= 0.3 is 5.97 Å². The average Bonchev–Trinajstić information content (AvgIpc) is 2.64. The van der Waals surface area contributed by atoms with Gasteiger partial charge in [0.1, 0.15) is 5.82 Å². The Morgan fingerprint density at radius 3 is 2.36 bits per heavy atom. The Kier molecular flexibility index (Phi) is 6.43. The fourth-order valence-corrected chi connectivity index (χ4v) is 4.23. The number of nitrogens with one attached hydrogen (secondary N) is 1. The fraction of sp³-hybridized carbons (Fsp3) is 0.650. The Balaban J connectivity index is 1.46. The molecule has 0 radical (unpaired) electrons. The Morgan fingerprint density at radius 2 is 1.76 bits per heavy atom. The Labute approximate surface area is 148 Å². The van der Waals surface area contributed by atoms with E-state index in [2.05, 4.69) is 5.32 Å². The number of rotatable bonds is 6. The monoisotopic (exact) mass is 349 g/mol. The van der Waals surface area contributed by atoms with Gasteiger partial charge in [0.25, 0.3) is 0 Å². The number of hydrogen-bond donors (Lipinski definition) is 2. The number of aliphatic carboxylic acids is 1. The lowest BCUT2D eigenvalue weighted by Gasteiger charge is -2.32. The van der Waals surface area contributed by atoms with Gasteiger partial charge in [-0.1, -0.05) is 12.1 Å². The van der Waals surface area contributed by atoms with Crippen LogP contribution in [0.4, 0.5) is 4.39 Å². The molecule has 1 aromatic rings. The van der Waals surface area contributed by atoms with Gasteiger partial charge in [0.05, 0.1) is 5.92 Å². The molecule has 0 amide bonds. The average molecular weight is 349 g/mol. The smallest absolute Gasteiger partial charge is 0.308 e. The van der Waals surface area contributed by atoms with Crippen molar-refractivity contribution in [3.63, 3.8) is 0 Å². The van der Waals surface area contributed by atoms with Gasteiger partial charge in [-0.2, -0.15) is 0 Å². The summed E-state index contributed by atoms with van der Waals surface area (Å²) in [5, 5.41) is 13.1. The molecule has 2 fully saturated rings. The number of carbonyl (C=O) groups is 1. The van der Waals surface area contributed by atoms with Crippen molar-refractivity contribution in [2.75, 3.05) is 19.8 Å². The van der Waals surface area contributed by atoms with E-state index in [4.69, 9.17) is 4.74 Å². The molecule has 2 N–H and O–H groups in total. The molecule has 1 aromatic carbocycles. The summed E-state index contributed by atoms with van der Waals surface area (Å²) in [5.74, 6) is -0.497. The summed E-state index contributed by atoms with van der Waals surface area (Å²) in [6, 6.07) is 7.23. The molecule has 4 nitrogen and oxygen atoms in total. The first-order valence-electron chi connectivity index (χ1n) is 9.43. The van der Waals surface area contributed by atoms with Crippen LogP contribution in [-0.2, 0) is 9.53 Å². The van der Waals surface area contributed by atoms with E-state index in [1.807, 2.05) is 12.1 Å². The Morgan fingerprint density at radius 1 is 1.12 bits per heavy atom. The van der Waals surface area contributed by atoms with Crippen LogP contribution in [0.2, 0.25) is 0 Å². The highest BCUT2D eigenvalue weighted by Gasteiger charge is 2.31. The molecule has 1 aliphatic heterocycles. The molecule has 1 aliphatic carbocycles. The van der Waals surface area contributed by atoms with Gasteiger partial charge < -0.3 is 15.2 Å². The minimum absolute atomic E-state index is 0.188. The zero-order chi connectivity index (χ0) is 17.6. The van der Waals surface area contributed by atoms with Gasteiger partial charge in [0.2, 0.25) is 0 Å². The second-order valence-corrected chi connectivity index (χ2v) is 7.40. The van der Waals surface area contributed by atoms with Crippen molar-refractivity contribution in [1.29, 1.82) is 0 Å². The molecule has 5 heteroatoms. The van der Waals surface area contributed by atoms with E-state index >= 15 is 0 Å². The largest absolute Gasteiger partial charge is 0.481 e. The number of carboxylic acids is 1. The quantitative estimate of drug-likeness (QED) is 0.824. The molecule has 1 atom stereocenters. The van der Waals surface area contributed by atoms with E-state index in [0.717, 1.165) is 38.5 Å². The first-order valence-corrected chi connectivity index (χ1v) is 9.43. The highest BCUT2D eigenvalue weighted by molar-refractivity contribution is 5.70. The van der Waals surface area contributed by atoms with Crippen LogP contribution in [0, 0.1) is 17.7 Å². The molecule has 0 spiro atoms. The first kappa shape index (κ1) is 18.3. The lowest BCUT2D eigenvalue weighted by atomic mass is 9.81. The molecule has 0 bridgehead atoms. The van der Waals surface area contributed by atoms with E-state index in [1.54, 1.807) is 0 Å². The summed E-state index contributed by atoms with van der Waals surface area (Å²) in [6.45, 7) is 1.90. The second-order valence-electron chi connectivity index (χ2n) is 7.40. The van der Waals surface area contributed by atoms with Crippen LogP contribution in [0.5, 0.6) is 0 Å². The molecule has 138 valence electrons. The van der Waals surface area contributed by atoms with Crippen molar-refractivity contribution in [3.05, 3.63) is 35.6 Å². The van der Waals surface area contributed by atoms with Crippen LogP contribution >= 0.6 is 0 Å². The van der Waals surface area contributed by atoms with Crippen LogP contribution in [0.3, 0.4) is 0 Å². The van der Waals surface area contributed by atoms with Crippen molar-refractivity contribution < 1.29 is 19.0 Å². The minimum atomic E-state index is -0.695. The zero-order valence-corrected chi connectivity index (χ0v) is 14.6. The van der Waals surface area contributed by atoms with Gasteiger partial charge in [-0.25, -0.2) is 4.39 Å². The van der Waals surface area contributed by atoms with Crippen LogP contribution in [-0.4, -0.2) is 36.9 Å². The van der Waals surface area contributed by atoms with Gasteiger partial charge in [0, 0.05) is 25.8 Å². The Hall–Kier alpha value is -1.46. The minimum Gasteiger partial charge on any atom is -0.481 e. The van der Waals surface area contributed by atoms with Gasteiger partial charge in [-0.3, -0.25) is 4.79 Å². The summed E-state index contributed by atoms with van der Waals surface area (Å²) in [5.41, 5.74) is 1.21. The molecule has 25 heavy (non-hydrogen) atoms. The third-order valence-corrected chi connectivity index (χ3v) is 5.85. The summed E-state index contributed by atoms with van der Waals surface area (Å²) < 4.78 is 18.4. The van der Waals surface area contributed by atoms with Crippen molar-refractivity contribution in [2.24, 2.45) is 11.8 Å². The number of benzene rings is 1. The molecule has 2 aliphatic rings. The van der Waals surface area contributed by atoms with Crippen LogP contribution in [0.1, 0.15) is 50.0 Å². The van der Waals surface area contributed by atoms with Gasteiger partial charge in [-0.15, -0.1) is 0 Å². The molecule has 1 unspecified atom stereocenters. The number of hydrogen-bond acceptors (Lipinski definition) is 3. The lowest BCUT2D eigenvalue weighted by molar-refractivity contribution is -0.144. The molecule has 3 rings (SSSR count). The van der Waals surface area contributed by atoms with Crippen molar-refractivity contribution >= 4 is 5.97 Å². The normalized spacial score (nSPS) is 26.3. The van der Waals surface area contributed by atoms with E-state index in [1.165, 1.54) is 17.7 Å². The van der Waals surface area contributed by atoms with Crippen molar-refractivity contribution in [3.8, 4) is 0 Å². The van der Waals surface area contributed by atoms with E-state index < -0.39 is 5.97 Å². The summed E-state index contributed by atoms with van der Waals surface area (Å²) in [4.78, 5) is 11.6. The maximum absolute atomic E-state index is 13.0. The van der Waals surface area contributed by atoms with Crippen LogP contribution < -0.4 is 5.32 Å². The SMILES string of the molecule is O=C(O)C(CNC1CCC(c2ccc(F)cc2)CC1)C1CCOCC1. The maximum Gasteiger partial charge on any atom is 0.308 e. The summed E-state index contributed by atoms with van der Waals surface area (Å²) >= 11 is 0. The van der Waals surface area contributed by atoms with Crippen molar-refractivity contribution in [1.82, 2.24) is 5.32 Å². The highest BCUT2D eigenvalue weighted by atomic mass is 19.1. The Bertz CT molecular complexity index is 549. The third-order valence-electron chi connectivity index (χ3n) is 5.85. The standard InChI is InChI=1S/C20H28FNO3/c21-17-5-1-14(2-6-17)15-3-7-18(8-4-15)22-13-19(20(23)24)16-9-11-25-12-10-16/h1-2,5-6,15-16,18-19,22H,3-4,7-13H2,(H,23,24). The molecular formula is C20H28FNO3. The van der Waals surface area contributed by atoms with Gasteiger partial charge in [0.15, 0.2) is 0 Å².